The van der Waals surface area contributed by atoms with E-state index in [9.17, 15) is 14.4 Å². The summed E-state index contributed by atoms with van der Waals surface area (Å²) in [6.45, 7) is 4.75. The Kier molecular flexibility index (Phi) is 4.74. The molecule has 2 heterocycles. The van der Waals surface area contributed by atoms with E-state index in [1.54, 1.807) is 11.8 Å². The zero-order valence-corrected chi connectivity index (χ0v) is 12.0. The van der Waals surface area contributed by atoms with Crippen molar-refractivity contribution in [2.24, 2.45) is 0 Å². The van der Waals surface area contributed by atoms with E-state index in [0.717, 1.165) is 0 Å². The van der Waals surface area contributed by atoms with E-state index < -0.39 is 11.6 Å². The Balaban J connectivity index is 1.99. The molecule has 21 heavy (non-hydrogen) atoms. The number of ether oxygens (including phenoxy) is 2. The maximum absolute atomic E-state index is 12.0. The van der Waals surface area contributed by atoms with Gasteiger partial charge in [-0.05, 0) is 19.4 Å². The first-order valence-electron chi connectivity index (χ1n) is 6.63. The van der Waals surface area contributed by atoms with Crippen molar-refractivity contribution in [3.05, 3.63) is 33.4 Å². The SMILES string of the molecule is Cc1cc(=O)oc(C)c1C(=O)OCC(=O)N1CCOCC1. The number of amides is 1. The zero-order chi connectivity index (χ0) is 15.4. The number of hydrogen-bond donors (Lipinski definition) is 0. The Morgan fingerprint density at radius 2 is 1.95 bits per heavy atom. The van der Waals surface area contributed by atoms with Crippen molar-refractivity contribution in [2.75, 3.05) is 32.9 Å². The van der Waals surface area contributed by atoms with Crippen LogP contribution in [0.1, 0.15) is 21.7 Å². The van der Waals surface area contributed by atoms with Gasteiger partial charge in [-0.2, -0.15) is 0 Å². The number of carbonyl (C=O) groups is 2. The molecule has 1 aliphatic rings. The second-order valence-corrected chi connectivity index (χ2v) is 4.75. The lowest BCUT2D eigenvalue weighted by Crippen LogP contribution is -2.42. The average Bonchev–Trinajstić information content (AvgIpc) is 2.44. The molecule has 7 nitrogen and oxygen atoms in total. The third kappa shape index (κ3) is 3.69. The molecule has 0 saturated carbocycles. The van der Waals surface area contributed by atoms with Crippen LogP contribution in [0.15, 0.2) is 15.3 Å². The summed E-state index contributed by atoms with van der Waals surface area (Å²) in [6, 6.07) is 1.22. The van der Waals surface area contributed by atoms with Crippen LogP contribution in [0.2, 0.25) is 0 Å². The van der Waals surface area contributed by atoms with Gasteiger partial charge in [-0.15, -0.1) is 0 Å². The standard InChI is InChI=1S/C14H17NO6/c1-9-7-12(17)21-10(2)13(9)14(18)20-8-11(16)15-3-5-19-6-4-15/h7H,3-6,8H2,1-2H3. The van der Waals surface area contributed by atoms with Crippen LogP contribution in [0.3, 0.4) is 0 Å². The van der Waals surface area contributed by atoms with E-state index in [4.69, 9.17) is 13.9 Å². The molecule has 0 atom stereocenters. The van der Waals surface area contributed by atoms with Crippen molar-refractivity contribution in [1.29, 1.82) is 0 Å². The molecule has 114 valence electrons. The molecule has 1 aromatic heterocycles. The van der Waals surface area contributed by atoms with Gasteiger partial charge in [0, 0.05) is 19.2 Å². The first-order valence-corrected chi connectivity index (χ1v) is 6.63. The van der Waals surface area contributed by atoms with Crippen LogP contribution in [0.5, 0.6) is 0 Å². The van der Waals surface area contributed by atoms with Crippen molar-refractivity contribution in [1.82, 2.24) is 4.90 Å². The number of nitrogens with zero attached hydrogens (tertiary/aromatic N) is 1. The highest BCUT2D eigenvalue weighted by atomic mass is 16.5. The summed E-state index contributed by atoms with van der Waals surface area (Å²) in [6.07, 6.45) is 0. The molecule has 1 aliphatic heterocycles. The fourth-order valence-electron chi connectivity index (χ4n) is 2.17. The van der Waals surface area contributed by atoms with Crippen LogP contribution in [-0.2, 0) is 14.3 Å². The molecule has 1 fully saturated rings. The molecule has 1 saturated heterocycles. The fraction of sp³-hybridized carbons (Fsp3) is 0.500. The minimum Gasteiger partial charge on any atom is -0.452 e. The lowest BCUT2D eigenvalue weighted by atomic mass is 10.1. The Labute approximate surface area is 121 Å². The first-order chi connectivity index (χ1) is 9.99. The van der Waals surface area contributed by atoms with Gasteiger partial charge >= 0.3 is 11.6 Å². The highest BCUT2D eigenvalue weighted by Crippen LogP contribution is 2.12. The molecule has 0 N–H and O–H groups in total. The molecule has 2 rings (SSSR count). The Bertz CT molecular complexity index is 574. The van der Waals surface area contributed by atoms with Crippen LogP contribution < -0.4 is 5.63 Å². The minimum absolute atomic E-state index is 0.184. The number of morpholine rings is 1. The first kappa shape index (κ1) is 15.2. The largest absolute Gasteiger partial charge is 0.452 e. The molecule has 0 unspecified atom stereocenters. The monoisotopic (exact) mass is 295 g/mol. The molecule has 0 aliphatic carbocycles. The number of hydrogen-bond acceptors (Lipinski definition) is 6. The number of aryl methyl sites for hydroxylation is 2. The lowest BCUT2D eigenvalue weighted by molar-refractivity contribution is -0.138. The van der Waals surface area contributed by atoms with Gasteiger partial charge in [0.2, 0.25) is 0 Å². The minimum atomic E-state index is -0.671. The summed E-state index contributed by atoms with van der Waals surface area (Å²) >= 11 is 0. The average molecular weight is 295 g/mol. The molecule has 0 radical (unpaired) electrons. The van der Waals surface area contributed by atoms with Crippen LogP contribution in [0, 0.1) is 13.8 Å². The van der Waals surface area contributed by atoms with Crippen LogP contribution in [0.25, 0.3) is 0 Å². The fourth-order valence-corrected chi connectivity index (χ4v) is 2.17. The molecule has 1 aromatic rings. The van der Waals surface area contributed by atoms with Gasteiger partial charge in [0.1, 0.15) is 11.3 Å². The van der Waals surface area contributed by atoms with Crippen molar-refractivity contribution < 1.29 is 23.5 Å². The third-order valence-corrected chi connectivity index (χ3v) is 3.23. The number of carbonyl (C=O) groups excluding carboxylic acids is 2. The van der Waals surface area contributed by atoms with Gasteiger partial charge in [-0.25, -0.2) is 9.59 Å². The normalized spacial score (nSPS) is 14.9. The summed E-state index contributed by atoms with van der Waals surface area (Å²) in [5.41, 5.74) is 0.128. The molecular weight excluding hydrogens is 278 g/mol. The second-order valence-electron chi connectivity index (χ2n) is 4.75. The number of esters is 1. The predicted octanol–water partition coefficient (Wildman–Crippen LogP) is 0.272. The van der Waals surface area contributed by atoms with Gasteiger partial charge in [0.25, 0.3) is 5.91 Å². The molecule has 1 amide bonds. The topological polar surface area (TPSA) is 86.1 Å². The molecular formula is C14H17NO6. The third-order valence-electron chi connectivity index (χ3n) is 3.23. The van der Waals surface area contributed by atoms with Gasteiger partial charge in [0.05, 0.1) is 13.2 Å². The van der Waals surface area contributed by atoms with Gasteiger partial charge < -0.3 is 18.8 Å². The summed E-state index contributed by atoms with van der Waals surface area (Å²) < 4.78 is 15.0. The van der Waals surface area contributed by atoms with Crippen molar-refractivity contribution in [2.45, 2.75) is 13.8 Å². The summed E-state index contributed by atoms with van der Waals surface area (Å²) in [5, 5.41) is 0. The number of rotatable bonds is 3. The van der Waals surface area contributed by atoms with E-state index in [1.165, 1.54) is 13.0 Å². The van der Waals surface area contributed by atoms with Crippen molar-refractivity contribution in [3.8, 4) is 0 Å². The Morgan fingerprint density at radius 1 is 1.29 bits per heavy atom. The van der Waals surface area contributed by atoms with Gasteiger partial charge in [-0.3, -0.25) is 4.79 Å². The van der Waals surface area contributed by atoms with E-state index in [-0.39, 0.29) is 23.8 Å². The van der Waals surface area contributed by atoms with Gasteiger partial charge in [0.15, 0.2) is 6.61 Å². The summed E-state index contributed by atoms with van der Waals surface area (Å²) in [5.74, 6) is -0.751. The smallest absolute Gasteiger partial charge is 0.342 e. The van der Waals surface area contributed by atoms with E-state index in [2.05, 4.69) is 0 Å². The maximum Gasteiger partial charge on any atom is 0.342 e. The van der Waals surface area contributed by atoms with Crippen LogP contribution in [-0.4, -0.2) is 49.7 Å². The molecule has 0 spiro atoms. The molecule has 0 aromatic carbocycles. The zero-order valence-electron chi connectivity index (χ0n) is 12.0. The quantitative estimate of drug-likeness (QED) is 0.744. The van der Waals surface area contributed by atoms with E-state index in [1.807, 2.05) is 0 Å². The highest BCUT2D eigenvalue weighted by Gasteiger charge is 2.21. The lowest BCUT2D eigenvalue weighted by Gasteiger charge is -2.26. The van der Waals surface area contributed by atoms with Crippen LogP contribution >= 0.6 is 0 Å². The van der Waals surface area contributed by atoms with Gasteiger partial charge in [-0.1, -0.05) is 0 Å². The summed E-state index contributed by atoms with van der Waals surface area (Å²) in [7, 11) is 0. The molecule has 0 bridgehead atoms. The molecule has 7 heteroatoms. The van der Waals surface area contributed by atoms with E-state index in [0.29, 0.717) is 31.9 Å². The predicted molar refractivity (Wildman–Crippen MR) is 72.1 cm³/mol. The highest BCUT2D eigenvalue weighted by molar-refractivity contribution is 5.93. The van der Waals surface area contributed by atoms with Crippen LogP contribution in [0.4, 0.5) is 0 Å². The van der Waals surface area contributed by atoms with E-state index >= 15 is 0 Å². The van der Waals surface area contributed by atoms with Crippen molar-refractivity contribution >= 4 is 11.9 Å². The summed E-state index contributed by atoms with van der Waals surface area (Å²) in [4.78, 5) is 36.6. The Hall–Kier alpha value is -2.15. The maximum atomic E-state index is 12.0. The van der Waals surface area contributed by atoms with Crippen molar-refractivity contribution in [3.63, 3.8) is 0 Å². The Morgan fingerprint density at radius 3 is 2.57 bits per heavy atom. The second kappa shape index (κ2) is 6.53.